The molecular formula is C8H10N2O. The van der Waals surface area contributed by atoms with E-state index in [4.69, 9.17) is 10.9 Å². The van der Waals surface area contributed by atoms with Gasteiger partial charge in [0.15, 0.2) is 5.82 Å². The van der Waals surface area contributed by atoms with Gasteiger partial charge in [-0.1, -0.05) is 5.16 Å². The SMILES string of the molecule is C#CCCCc1nc(C)no1. The molecule has 3 nitrogen and oxygen atoms in total. The maximum atomic E-state index is 5.08. The Labute approximate surface area is 65.8 Å². The fourth-order valence-electron chi connectivity index (χ4n) is 0.783. The lowest BCUT2D eigenvalue weighted by Crippen LogP contribution is -1.84. The van der Waals surface area contributed by atoms with Crippen LogP contribution in [-0.2, 0) is 6.42 Å². The molecule has 0 saturated heterocycles. The molecule has 0 atom stereocenters. The number of rotatable bonds is 3. The van der Waals surface area contributed by atoms with Gasteiger partial charge in [0.2, 0.25) is 5.89 Å². The van der Waals surface area contributed by atoms with Crippen LogP contribution in [-0.4, -0.2) is 10.1 Å². The van der Waals surface area contributed by atoms with E-state index in [1.165, 1.54) is 0 Å². The van der Waals surface area contributed by atoms with Crippen molar-refractivity contribution >= 4 is 0 Å². The molecule has 3 heteroatoms. The first-order chi connectivity index (χ1) is 5.33. The summed E-state index contributed by atoms with van der Waals surface area (Å²) in [6, 6.07) is 0. The second-order valence-electron chi connectivity index (χ2n) is 2.29. The van der Waals surface area contributed by atoms with Gasteiger partial charge in [-0.2, -0.15) is 4.98 Å². The van der Waals surface area contributed by atoms with Crippen LogP contribution in [0.5, 0.6) is 0 Å². The molecule has 0 amide bonds. The molecule has 1 rings (SSSR count). The highest BCUT2D eigenvalue weighted by Gasteiger charge is 1.99. The first-order valence-corrected chi connectivity index (χ1v) is 3.55. The van der Waals surface area contributed by atoms with Crippen molar-refractivity contribution in [2.45, 2.75) is 26.2 Å². The third-order valence-corrected chi connectivity index (χ3v) is 1.28. The molecule has 1 heterocycles. The molecular weight excluding hydrogens is 140 g/mol. The lowest BCUT2D eigenvalue weighted by atomic mass is 10.2. The molecule has 0 aliphatic heterocycles. The van der Waals surface area contributed by atoms with Crippen LogP contribution in [0.1, 0.15) is 24.6 Å². The zero-order valence-corrected chi connectivity index (χ0v) is 6.50. The summed E-state index contributed by atoms with van der Waals surface area (Å²) in [5.41, 5.74) is 0. The van der Waals surface area contributed by atoms with Crippen molar-refractivity contribution in [1.29, 1.82) is 0 Å². The van der Waals surface area contributed by atoms with Crippen molar-refractivity contribution in [2.75, 3.05) is 0 Å². The zero-order chi connectivity index (χ0) is 8.10. The van der Waals surface area contributed by atoms with E-state index in [1.54, 1.807) is 6.92 Å². The Kier molecular flexibility index (Phi) is 2.67. The van der Waals surface area contributed by atoms with Crippen LogP contribution >= 0.6 is 0 Å². The van der Waals surface area contributed by atoms with Crippen molar-refractivity contribution in [3.8, 4) is 12.3 Å². The van der Waals surface area contributed by atoms with Gasteiger partial charge in [0.05, 0.1) is 0 Å². The highest BCUT2D eigenvalue weighted by Crippen LogP contribution is 2.01. The van der Waals surface area contributed by atoms with Crippen LogP contribution in [0.15, 0.2) is 4.52 Å². The lowest BCUT2D eigenvalue weighted by molar-refractivity contribution is 0.372. The van der Waals surface area contributed by atoms with Crippen LogP contribution in [0.25, 0.3) is 0 Å². The molecule has 0 unspecified atom stereocenters. The van der Waals surface area contributed by atoms with Crippen molar-refractivity contribution < 1.29 is 4.52 Å². The van der Waals surface area contributed by atoms with E-state index >= 15 is 0 Å². The Hall–Kier alpha value is -1.30. The van der Waals surface area contributed by atoms with Gasteiger partial charge in [-0.05, 0) is 13.3 Å². The van der Waals surface area contributed by atoms with Gasteiger partial charge >= 0.3 is 0 Å². The number of hydrogen-bond acceptors (Lipinski definition) is 3. The Morgan fingerprint density at radius 3 is 3.00 bits per heavy atom. The van der Waals surface area contributed by atoms with Crippen molar-refractivity contribution in [3.63, 3.8) is 0 Å². The Morgan fingerprint density at radius 2 is 2.45 bits per heavy atom. The highest BCUT2D eigenvalue weighted by atomic mass is 16.5. The number of nitrogens with zero attached hydrogens (tertiary/aromatic N) is 2. The van der Waals surface area contributed by atoms with E-state index in [-0.39, 0.29) is 0 Å². The average Bonchev–Trinajstić information content (AvgIpc) is 2.37. The molecule has 0 bridgehead atoms. The molecule has 0 spiro atoms. The number of terminal acetylenes is 1. The van der Waals surface area contributed by atoms with E-state index in [0.717, 1.165) is 19.3 Å². The number of unbranched alkanes of at least 4 members (excludes halogenated alkanes) is 1. The molecule has 0 N–H and O–H groups in total. The van der Waals surface area contributed by atoms with Crippen LogP contribution in [0.2, 0.25) is 0 Å². The standard InChI is InChI=1S/C8H10N2O/c1-3-4-5-6-8-9-7(2)10-11-8/h1H,4-6H2,2H3. The lowest BCUT2D eigenvalue weighted by Gasteiger charge is -1.87. The number of aryl methyl sites for hydroxylation is 2. The van der Waals surface area contributed by atoms with Gasteiger partial charge in [-0.3, -0.25) is 0 Å². The van der Waals surface area contributed by atoms with Gasteiger partial charge < -0.3 is 4.52 Å². The second-order valence-corrected chi connectivity index (χ2v) is 2.29. The average molecular weight is 150 g/mol. The van der Waals surface area contributed by atoms with Gasteiger partial charge in [0.1, 0.15) is 0 Å². The van der Waals surface area contributed by atoms with Crippen molar-refractivity contribution in [3.05, 3.63) is 11.7 Å². The summed E-state index contributed by atoms with van der Waals surface area (Å²) < 4.78 is 4.88. The summed E-state index contributed by atoms with van der Waals surface area (Å²) in [5, 5.41) is 3.66. The smallest absolute Gasteiger partial charge is 0.226 e. The third kappa shape index (κ3) is 2.42. The van der Waals surface area contributed by atoms with Crippen molar-refractivity contribution in [2.24, 2.45) is 0 Å². The summed E-state index contributed by atoms with van der Waals surface area (Å²) in [5.74, 6) is 3.91. The van der Waals surface area contributed by atoms with Crippen LogP contribution in [0.3, 0.4) is 0 Å². The minimum absolute atomic E-state index is 0.678. The van der Waals surface area contributed by atoms with Gasteiger partial charge in [-0.25, -0.2) is 0 Å². The second kappa shape index (κ2) is 3.77. The molecule has 0 aliphatic rings. The predicted octanol–water partition coefficient (Wildman–Crippen LogP) is 1.33. The van der Waals surface area contributed by atoms with Crippen LogP contribution in [0, 0.1) is 19.3 Å². The third-order valence-electron chi connectivity index (χ3n) is 1.28. The summed E-state index contributed by atoms with van der Waals surface area (Å²) in [4.78, 5) is 4.04. The minimum Gasteiger partial charge on any atom is -0.339 e. The quantitative estimate of drug-likeness (QED) is 0.482. The maximum absolute atomic E-state index is 5.08. The predicted molar refractivity (Wildman–Crippen MR) is 40.8 cm³/mol. The molecule has 0 aromatic carbocycles. The Balaban J connectivity index is 2.34. The Bertz CT molecular complexity index is 259. The molecule has 0 aliphatic carbocycles. The van der Waals surface area contributed by atoms with Gasteiger partial charge in [0, 0.05) is 12.8 Å². The fraction of sp³-hybridized carbons (Fsp3) is 0.500. The Morgan fingerprint density at radius 1 is 1.64 bits per heavy atom. The maximum Gasteiger partial charge on any atom is 0.226 e. The summed E-state index contributed by atoms with van der Waals surface area (Å²) in [6.07, 6.45) is 7.54. The molecule has 0 saturated carbocycles. The summed E-state index contributed by atoms with van der Waals surface area (Å²) >= 11 is 0. The van der Waals surface area contributed by atoms with E-state index in [2.05, 4.69) is 16.1 Å². The fourth-order valence-corrected chi connectivity index (χ4v) is 0.783. The monoisotopic (exact) mass is 150 g/mol. The summed E-state index contributed by atoms with van der Waals surface area (Å²) in [6.45, 7) is 1.80. The van der Waals surface area contributed by atoms with E-state index in [9.17, 15) is 0 Å². The summed E-state index contributed by atoms with van der Waals surface area (Å²) in [7, 11) is 0. The number of aromatic nitrogens is 2. The molecule has 1 aromatic heterocycles. The first kappa shape index (κ1) is 7.80. The topological polar surface area (TPSA) is 38.9 Å². The molecule has 1 aromatic rings. The highest BCUT2D eigenvalue weighted by molar-refractivity contribution is 4.87. The van der Waals surface area contributed by atoms with Gasteiger partial charge in [0.25, 0.3) is 0 Å². The van der Waals surface area contributed by atoms with E-state index in [0.29, 0.717) is 11.7 Å². The largest absolute Gasteiger partial charge is 0.339 e. The minimum atomic E-state index is 0.678. The van der Waals surface area contributed by atoms with Crippen LogP contribution < -0.4 is 0 Å². The van der Waals surface area contributed by atoms with Crippen LogP contribution in [0.4, 0.5) is 0 Å². The zero-order valence-electron chi connectivity index (χ0n) is 6.50. The van der Waals surface area contributed by atoms with E-state index in [1.807, 2.05) is 0 Å². The van der Waals surface area contributed by atoms with E-state index < -0.39 is 0 Å². The number of hydrogen-bond donors (Lipinski definition) is 0. The van der Waals surface area contributed by atoms with Crippen molar-refractivity contribution in [1.82, 2.24) is 10.1 Å². The molecule has 0 fully saturated rings. The molecule has 0 radical (unpaired) electrons. The van der Waals surface area contributed by atoms with Gasteiger partial charge in [-0.15, -0.1) is 12.3 Å². The molecule has 58 valence electrons. The molecule has 11 heavy (non-hydrogen) atoms. The normalized spacial score (nSPS) is 9.45. The first-order valence-electron chi connectivity index (χ1n) is 3.55.